The van der Waals surface area contributed by atoms with Crippen molar-refractivity contribution in [2.75, 3.05) is 6.61 Å². The zero-order chi connectivity index (χ0) is 18.3. The van der Waals surface area contributed by atoms with E-state index in [1.54, 1.807) is 0 Å². The van der Waals surface area contributed by atoms with Gasteiger partial charge in [0.15, 0.2) is 6.29 Å². The number of hydrogen-bond donors (Lipinski definition) is 0. The van der Waals surface area contributed by atoms with E-state index < -0.39 is 0 Å². The van der Waals surface area contributed by atoms with Gasteiger partial charge in [-0.25, -0.2) is 0 Å². The van der Waals surface area contributed by atoms with E-state index in [4.69, 9.17) is 4.74 Å². The molecule has 25 heavy (non-hydrogen) atoms. The molecule has 0 aliphatic carbocycles. The van der Waals surface area contributed by atoms with Crippen LogP contribution in [0.3, 0.4) is 0 Å². The van der Waals surface area contributed by atoms with Crippen molar-refractivity contribution in [3.8, 4) is 5.75 Å². The minimum absolute atomic E-state index is 0.0144. The summed E-state index contributed by atoms with van der Waals surface area (Å²) in [5.41, 5.74) is 4.09. The fourth-order valence-electron chi connectivity index (χ4n) is 2.81. The lowest BCUT2D eigenvalue weighted by Crippen LogP contribution is -2.13. The summed E-state index contributed by atoms with van der Waals surface area (Å²) in [5.74, 6) is 0.705. The van der Waals surface area contributed by atoms with E-state index in [1.807, 2.05) is 30.3 Å². The summed E-state index contributed by atoms with van der Waals surface area (Å²) in [6.45, 7) is 10.9. The molecule has 0 aromatic heterocycles. The van der Waals surface area contributed by atoms with Crippen molar-refractivity contribution in [1.29, 1.82) is 0 Å². The lowest BCUT2D eigenvalue weighted by atomic mass is 9.84. The molecule has 0 unspecified atom stereocenters. The molecular weight excluding hydrogens is 308 g/mol. The van der Waals surface area contributed by atoms with Gasteiger partial charge in [0.05, 0.1) is 12.2 Å². The first kappa shape index (κ1) is 19.0. The number of carbonyl (C=O) groups is 1. The fraction of sp³-hybridized carbons (Fsp3) is 0.348. The molecule has 2 aromatic carbocycles. The zero-order valence-electron chi connectivity index (χ0n) is 15.5. The van der Waals surface area contributed by atoms with Gasteiger partial charge in [-0.05, 0) is 47.4 Å². The molecule has 0 spiro atoms. The number of aldehydes is 1. The second kappa shape index (κ2) is 8.66. The van der Waals surface area contributed by atoms with E-state index >= 15 is 0 Å². The molecule has 0 heterocycles. The third-order valence-corrected chi connectivity index (χ3v) is 4.25. The first-order valence-corrected chi connectivity index (χ1v) is 8.86. The van der Waals surface area contributed by atoms with Gasteiger partial charge in [-0.3, -0.25) is 4.79 Å². The number of carbonyl (C=O) groups excluding carboxylic acids is 1. The quantitative estimate of drug-likeness (QED) is 0.359. The van der Waals surface area contributed by atoms with Crippen LogP contribution in [0.1, 0.15) is 54.2 Å². The summed E-state index contributed by atoms with van der Waals surface area (Å²) in [6.07, 6.45) is 5.32. The molecule has 2 heteroatoms. The second-order valence-electron chi connectivity index (χ2n) is 7.35. The Hall–Kier alpha value is -2.35. The van der Waals surface area contributed by atoms with Crippen LogP contribution in [0.2, 0.25) is 0 Å². The van der Waals surface area contributed by atoms with Crippen molar-refractivity contribution in [1.82, 2.24) is 0 Å². The Bertz CT molecular complexity index is 709. The van der Waals surface area contributed by atoms with Gasteiger partial charge in [0.2, 0.25) is 0 Å². The van der Waals surface area contributed by atoms with E-state index in [9.17, 15) is 4.79 Å². The van der Waals surface area contributed by atoms with E-state index in [0.717, 1.165) is 30.3 Å². The molecule has 0 saturated carbocycles. The van der Waals surface area contributed by atoms with Crippen LogP contribution in [0.25, 0.3) is 0 Å². The van der Waals surface area contributed by atoms with Crippen LogP contribution >= 0.6 is 0 Å². The van der Waals surface area contributed by atoms with Crippen LogP contribution in [-0.4, -0.2) is 12.9 Å². The molecule has 0 aliphatic rings. The maximum absolute atomic E-state index is 11.6. The minimum Gasteiger partial charge on any atom is -0.493 e. The molecule has 0 aliphatic heterocycles. The molecule has 0 radical (unpaired) electrons. The molecule has 0 amide bonds. The number of allylic oxidation sites excluding steroid dienone is 1. The number of hydrogen-bond acceptors (Lipinski definition) is 2. The van der Waals surface area contributed by atoms with Gasteiger partial charge in [-0.1, -0.05) is 63.2 Å². The Morgan fingerprint density at radius 1 is 1.12 bits per heavy atom. The lowest BCUT2D eigenvalue weighted by molar-refractivity contribution is 0.111. The molecule has 0 bridgehead atoms. The van der Waals surface area contributed by atoms with Gasteiger partial charge < -0.3 is 4.74 Å². The Kier molecular flexibility index (Phi) is 6.58. The van der Waals surface area contributed by atoms with Crippen LogP contribution in [0.15, 0.2) is 55.1 Å². The van der Waals surface area contributed by atoms with Crippen LogP contribution in [-0.2, 0) is 18.3 Å². The lowest BCUT2D eigenvalue weighted by Gasteiger charge is -2.22. The molecule has 0 atom stereocenters. The molecular formula is C23H28O2. The Labute approximate surface area is 151 Å². The molecule has 0 N–H and O–H groups in total. The Morgan fingerprint density at radius 3 is 2.44 bits per heavy atom. The van der Waals surface area contributed by atoms with Crippen molar-refractivity contribution in [3.63, 3.8) is 0 Å². The second-order valence-corrected chi connectivity index (χ2v) is 7.35. The number of aryl methyl sites for hydroxylation is 1. The van der Waals surface area contributed by atoms with E-state index in [2.05, 4.69) is 45.5 Å². The maximum Gasteiger partial charge on any atom is 0.153 e. The van der Waals surface area contributed by atoms with Gasteiger partial charge in [-0.15, -0.1) is 6.58 Å². The third-order valence-electron chi connectivity index (χ3n) is 4.25. The highest BCUT2D eigenvalue weighted by molar-refractivity contribution is 5.81. The van der Waals surface area contributed by atoms with Crippen LogP contribution < -0.4 is 4.74 Å². The third kappa shape index (κ3) is 5.32. The highest BCUT2D eigenvalue weighted by Crippen LogP contribution is 2.32. The molecule has 132 valence electrons. The van der Waals surface area contributed by atoms with Crippen molar-refractivity contribution >= 4 is 6.29 Å². The summed E-state index contributed by atoms with van der Waals surface area (Å²) in [6, 6.07) is 14.5. The van der Waals surface area contributed by atoms with E-state index in [1.165, 1.54) is 5.56 Å². The largest absolute Gasteiger partial charge is 0.493 e. The van der Waals surface area contributed by atoms with Crippen LogP contribution in [0, 0.1) is 0 Å². The van der Waals surface area contributed by atoms with Crippen molar-refractivity contribution < 1.29 is 9.53 Å². The maximum atomic E-state index is 11.6. The van der Waals surface area contributed by atoms with Crippen LogP contribution in [0.5, 0.6) is 5.75 Å². The smallest absolute Gasteiger partial charge is 0.153 e. The summed E-state index contributed by atoms with van der Waals surface area (Å²) < 4.78 is 6.02. The normalized spacial score (nSPS) is 11.2. The Morgan fingerprint density at radius 2 is 1.84 bits per heavy atom. The fourth-order valence-corrected chi connectivity index (χ4v) is 2.81. The average molecular weight is 336 g/mol. The SMILES string of the molecule is C=CCc1cc(C(C)(C)C)cc(C=O)c1OCCCc1ccccc1. The topological polar surface area (TPSA) is 26.3 Å². The molecule has 2 nitrogen and oxygen atoms in total. The van der Waals surface area contributed by atoms with Crippen molar-refractivity contribution in [2.24, 2.45) is 0 Å². The highest BCUT2D eigenvalue weighted by atomic mass is 16.5. The standard InChI is InChI=1S/C23H28O2/c1-5-10-19-15-21(23(2,3)4)16-20(17-24)22(19)25-14-9-13-18-11-7-6-8-12-18/h5-8,11-12,15-17H,1,9-10,13-14H2,2-4H3. The zero-order valence-corrected chi connectivity index (χ0v) is 15.5. The minimum atomic E-state index is -0.0144. The summed E-state index contributed by atoms with van der Waals surface area (Å²) >= 11 is 0. The van der Waals surface area contributed by atoms with Gasteiger partial charge in [-0.2, -0.15) is 0 Å². The van der Waals surface area contributed by atoms with Crippen molar-refractivity contribution in [3.05, 3.63) is 77.4 Å². The van der Waals surface area contributed by atoms with Gasteiger partial charge in [0.25, 0.3) is 0 Å². The molecule has 2 aromatic rings. The van der Waals surface area contributed by atoms with E-state index in [-0.39, 0.29) is 5.41 Å². The highest BCUT2D eigenvalue weighted by Gasteiger charge is 2.19. The summed E-state index contributed by atoms with van der Waals surface area (Å²) in [7, 11) is 0. The number of ether oxygens (including phenoxy) is 1. The van der Waals surface area contributed by atoms with Crippen LogP contribution in [0.4, 0.5) is 0 Å². The predicted molar refractivity (Wildman–Crippen MR) is 105 cm³/mol. The Balaban J connectivity index is 2.14. The summed E-state index contributed by atoms with van der Waals surface area (Å²) in [5, 5.41) is 0. The monoisotopic (exact) mass is 336 g/mol. The van der Waals surface area contributed by atoms with Gasteiger partial charge in [0, 0.05) is 0 Å². The first-order valence-electron chi connectivity index (χ1n) is 8.86. The molecule has 0 fully saturated rings. The first-order chi connectivity index (χ1) is 12.0. The average Bonchev–Trinajstić information content (AvgIpc) is 2.59. The van der Waals surface area contributed by atoms with E-state index in [0.29, 0.717) is 24.3 Å². The van der Waals surface area contributed by atoms with Gasteiger partial charge >= 0.3 is 0 Å². The predicted octanol–water partition coefficient (Wildman–Crippen LogP) is 5.54. The number of rotatable bonds is 8. The van der Waals surface area contributed by atoms with Gasteiger partial charge in [0.1, 0.15) is 5.75 Å². The molecule has 0 saturated heterocycles. The summed E-state index contributed by atoms with van der Waals surface area (Å²) in [4.78, 5) is 11.6. The molecule has 2 rings (SSSR count). The number of benzene rings is 2. The van der Waals surface area contributed by atoms with Crippen molar-refractivity contribution in [2.45, 2.75) is 45.4 Å².